The van der Waals surface area contributed by atoms with E-state index in [4.69, 9.17) is 16.6 Å². The highest BCUT2D eigenvalue weighted by Gasteiger charge is 2.25. The number of amides is 3. The van der Waals surface area contributed by atoms with Crippen molar-refractivity contribution in [3.63, 3.8) is 0 Å². The van der Waals surface area contributed by atoms with Crippen molar-refractivity contribution in [2.24, 2.45) is 11.5 Å². The lowest BCUT2D eigenvalue weighted by Crippen LogP contribution is -2.51. The molecule has 19 heavy (non-hydrogen) atoms. The number of rotatable bonds is 8. The molecule has 3 amide bonds. The second-order valence-electron chi connectivity index (χ2n) is 3.88. The third-order valence-corrected chi connectivity index (χ3v) is 2.30. The molecular formula is C10H18N4O5. The highest BCUT2D eigenvalue weighted by molar-refractivity contribution is 5.92. The van der Waals surface area contributed by atoms with Gasteiger partial charge in [-0.3, -0.25) is 19.2 Å². The van der Waals surface area contributed by atoms with E-state index in [0.717, 1.165) is 0 Å². The first-order valence-corrected chi connectivity index (χ1v) is 5.55. The van der Waals surface area contributed by atoms with Crippen molar-refractivity contribution in [2.75, 3.05) is 7.05 Å². The van der Waals surface area contributed by atoms with Gasteiger partial charge in [0.15, 0.2) is 0 Å². The zero-order valence-electron chi connectivity index (χ0n) is 10.5. The van der Waals surface area contributed by atoms with Gasteiger partial charge >= 0.3 is 5.97 Å². The van der Waals surface area contributed by atoms with E-state index in [9.17, 15) is 19.2 Å². The third kappa shape index (κ3) is 6.99. The van der Waals surface area contributed by atoms with Crippen LogP contribution in [-0.4, -0.2) is 47.9 Å². The summed E-state index contributed by atoms with van der Waals surface area (Å²) in [4.78, 5) is 44.1. The van der Waals surface area contributed by atoms with Gasteiger partial charge in [0.05, 0.1) is 12.5 Å². The molecule has 0 rings (SSSR count). The maximum atomic E-state index is 11.6. The van der Waals surface area contributed by atoms with Gasteiger partial charge in [-0.1, -0.05) is 0 Å². The average molecular weight is 274 g/mol. The number of aliphatic carboxylic acids is 1. The normalized spacial score (nSPS) is 13.2. The molecule has 0 fully saturated rings. The Morgan fingerprint density at radius 1 is 1.21 bits per heavy atom. The smallest absolute Gasteiger partial charge is 0.305 e. The Balaban J connectivity index is 4.48. The molecule has 0 radical (unpaired) electrons. The molecular weight excluding hydrogens is 256 g/mol. The van der Waals surface area contributed by atoms with E-state index in [1.54, 1.807) is 0 Å². The summed E-state index contributed by atoms with van der Waals surface area (Å²) in [5.74, 6) is -3.19. The zero-order chi connectivity index (χ0) is 15.0. The quantitative estimate of drug-likeness (QED) is 0.322. The van der Waals surface area contributed by atoms with E-state index in [-0.39, 0.29) is 12.8 Å². The standard InChI is InChI=1S/C10H18N4O5/c1-13-10(19)6(4-8(16)17)14-9(18)5(11)2-3-7(12)15/h5-6H,2-4,11H2,1H3,(H2,12,15)(H,13,19)(H,14,18)(H,16,17)/t5-,6-/m0/s1. The average Bonchev–Trinajstić information content (AvgIpc) is 2.33. The van der Waals surface area contributed by atoms with Crippen LogP contribution in [0.1, 0.15) is 19.3 Å². The van der Waals surface area contributed by atoms with E-state index in [1.165, 1.54) is 7.05 Å². The summed E-state index contributed by atoms with van der Waals surface area (Å²) < 4.78 is 0. The van der Waals surface area contributed by atoms with Gasteiger partial charge in [-0.05, 0) is 6.42 Å². The molecule has 0 aromatic rings. The second-order valence-corrected chi connectivity index (χ2v) is 3.88. The molecule has 0 aliphatic rings. The SMILES string of the molecule is CNC(=O)[C@H](CC(=O)O)NC(=O)[C@@H](N)CCC(N)=O. The van der Waals surface area contributed by atoms with Crippen LogP contribution in [0.3, 0.4) is 0 Å². The Morgan fingerprint density at radius 2 is 1.79 bits per heavy atom. The van der Waals surface area contributed by atoms with Crippen molar-refractivity contribution in [1.29, 1.82) is 0 Å². The highest BCUT2D eigenvalue weighted by atomic mass is 16.4. The molecule has 0 saturated carbocycles. The van der Waals surface area contributed by atoms with E-state index in [2.05, 4.69) is 10.6 Å². The molecule has 7 N–H and O–H groups in total. The topological polar surface area (TPSA) is 165 Å². The monoisotopic (exact) mass is 274 g/mol. The van der Waals surface area contributed by atoms with Crippen LogP contribution in [0.4, 0.5) is 0 Å². The van der Waals surface area contributed by atoms with Crippen molar-refractivity contribution < 1.29 is 24.3 Å². The lowest BCUT2D eigenvalue weighted by atomic mass is 10.1. The molecule has 2 atom stereocenters. The minimum atomic E-state index is -1.24. The first kappa shape index (κ1) is 16.8. The summed E-state index contributed by atoms with van der Waals surface area (Å²) in [5.41, 5.74) is 10.4. The number of nitrogens with two attached hydrogens (primary N) is 2. The van der Waals surface area contributed by atoms with Crippen LogP contribution in [0.25, 0.3) is 0 Å². The van der Waals surface area contributed by atoms with Crippen LogP contribution in [0.2, 0.25) is 0 Å². The Labute approximate surface area is 109 Å². The van der Waals surface area contributed by atoms with Crippen molar-refractivity contribution in [2.45, 2.75) is 31.3 Å². The van der Waals surface area contributed by atoms with Crippen molar-refractivity contribution in [3.05, 3.63) is 0 Å². The minimum Gasteiger partial charge on any atom is -0.481 e. The number of carbonyl (C=O) groups is 4. The largest absolute Gasteiger partial charge is 0.481 e. The summed E-state index contributed by atoms with van der Waals surface area (Å²) in [6, 6.07) is -2.25. The summed E-state index contributed by atoms with van der Waals surface area (Å²) >= 11 is 0. The Morgan fingerprint density at radius 3 is 2.21 bits per heavy atom. The molecule has 0 aromatic heterocycles. The lowest BCUT2D eigenvalue weighted by Gasteiger charge is -2.18. The number of carboxylic acids is 1. The number of carboxylic acid groups (broad SMARTS) is 1. The number of carbonyl (C=O) groups excluding carboxylic acids is 3. The Kier molecular flexibility index (Phi) is 7.12. The molecule has 0 saturated heterocycles. The predicted octanol–water partition coefficient (Wildman–Crippen LogP) is -2.72. The van der Waals surface area contributed by atoms with Crippen LogP contribution in [-0.2, 0) is 19.2 Å². The second kappa shape index (κ2) is 8.03. The van der Waals surface area contributed by atoms with E-state index >= 15 is 0 Å². The van der Waals surface area contributed by atoms with Gasteiger partial charge in [0, 0.05) is 13.5 Å². The van der Waals surface area contributed by atoms with Crippen LogP contribution < -0.4 is 22.1 Å². The van der Waals surface area contributed by atoms with E-state index < -0.39 is 42.2 Å². The number of hydrogen-bond donors (Lipinski definition) is 5. The molecule has 0 spiro atoms. The molecule has 0 unspecified atom stereocenters. The van der Waals surface area contributed by atoms with Crippen LogP contribution in [0.15, 0.2) is 0 Å². The maximum absolute atomic E-state index is 11.6. The molecule has 0 bridgehead atoms. The van der Waals surface area contributed by atoms with Crippen molar-refractivity contribution in [3.8, 4) is 0 Å². The number of primary amides is 1. The lowest BCUT2D eigenvalue weighted by molar-refractivity contribution is -0.140. The molecule has 0 aromatic carbocycles. The fourth-order valence-electron chi connectivity index (χ4n) is 1.27. The summed E-state index contributed by atoms with van der Waals surface area (Å²) in [6.07, 6.45) is -0.610. The van der Waals surface area contributed by atoms with Crippen molar-refractivity contribution >= 4 is 23.7 Å². The fourth-order valence-corrected chi connectivity index (χ4v) is 1.27. The number of likely N-dealkylation sites (N-methyl/N-ethyl adjacent to an activating group) is 1. The molecule has 0 heterocycles. The first-order chi connectivity index (χ1) is 8.77. The van der Waals surface area contributed by atoms with Gasteiger partial charge < -0.3 is 27.2 Å². The van der Waals surface area contributed by atoms with E-state index in [0.29, 0.717) is 0 Å². The van der Waals surface area contributed by atoms with Gasteiger partial charge in [-0.25, -0.2) is 0 Å². The van der Waals surface area contributed by atoms with Gasteiger partial charge in [0.1, 0.15) is 6.04 Å². The predicted molar refractivity (Wildman–Crippen MR) is 64.7 cm³/mol. The van der Waals surface area contributed by atoms with Gasteiger partial charge in [-0.15, -0.1) is 0 Å². The first-order valence-electron chi connectivity index (χ1n) is 5.55. The zero-order valence-corrected chi connectivity index (χ0v) is 10.5. The number of hydrogen-bond acceptors (Lipinski definition) is 5. The minimum absolute atomic E-state index is 0.0225. The molecule has 0 aliphatic heterocycles. The molecule has 0 aliphatic carbocycles. The third-order valence-electron chi connectivity index (χ3n) is 2.30. The van der Waals surface area contributed by atoms with Crippen LogP contribution >= 0.6 is 0 Å². The van der Waals surface area contributed by atoms with Crippen molar-refractivity contribution in [1.82, 2.24) is 10.6 Å². The summed E-state index contributed by atoms with van der Waals surface area (Å²) in [6.45, 7) is 0. The Hall–Kier alpha value is -2.16. The van der Waals surface area contributed by atoms with Crippen LogP contribution in [0.5, 0.6) is 0 Å². The van der Waals surface area contributed by atoms with Gasteiger partial charge in [-0.2, -0.15) is 0 Å². The van der Waals surface area contributed by atoms with Gasteiger partial charge in [0.25, 0.3) is 0 Å². The fraction of sp³-hybridized carbons (Fsp3) is 0.600. The highest BCUT2D eigenvalue weighted by Crippen LogP contribution is 1.98. The molecule has 9 heteroatoms. The summed E-state index contributed by atoms with van der Waals surface area (Å²) in [5, 5.41) is 13.1. The maximum Gasteiger partial charge on any atom is 0.305 e. The van der Waals surface area contributed by atoms with Crippen LogP contribution in [0, 0.1) is 0 Å². The van der Waals surface area contributed by atoms with Gasteiger partial charge in [0.2, 0.25) is 17.7 Å². The number of nitrogens with one attached hydrogen (secondary N) is 2. The summed E-state index contributed by atoms with van der Waals surface area (Å²) in [7, 11) is 1.32. The van der Waals surface area contributed by atoms with E-state index in [1.807, 2.05) is 0 Å². The Bertz CT molecular complexity index is 371. The molecule has 108 valence electrons. The molecule has 9 nitrogen and oxygen atoms in total.